The topological polar surface area (TPSA) is 69.2 Å². The molecule has 0 saturated carbocycles. The highest BCUT2D eigenvalue weighted by Gasteiger charge is 2.11. The summed E-state index contributed by atoms with van der Waals surface area (Å²) in [6, 6.07) is 9.97. The fourth-order valence-electron chi connectivity index (χ4n) is 2.01. The van der Waals surface area contributed by atoms with Crippen LogP contribution in [0.15, 0.2) is 41.5 Å². The van der Waals surface area contributed by atoms with Crippen molar-refractivity contribution in [3.8, 4) is 17.2 Å². The highest BCUT2D eigenvalue weighted by molar-refractivity contribution is 6.30. The molecule has 0 fully saturated rings. The maximum Gasteiger partial charge on any atom is 0.271 e. The molecule has 2 aromatic carbocycles. The number of ether oxygens (including phenoxy) is 3. The van der Waals surface area contributed by atoms with E-state index >= 15 is 0 Å². The molecule has 0 atom stereocenters. The van der Waals surface area contributed by atoms with Crippen LogP contribution in [0.3, 0.4) is 0 Å². The first kappa shape index (κ1) is 17.6. The second-order valence-electron chi connectivity index (χ2n) is 4.66. The highest BCUT2D eigenvalue weighted by atomic mass is 35.5. The fourth-order valence-corrected chi connectivity index (χ4v) is 2.20. The molecule has 1 N–H and O–H groups in total. The lowest BCUT2D eigenvalue weighted by atomic mass is 10.2. The predicted octanol–water partition coefficient (Wildman–Crippen LogP) is 3.13. The minimum Gasteiger partial charge on any atom is -0.496 e. The van der Waals surface area contributed by atoms with Gasteiger partial charge in [-0.2, -0.15) is 5.10 Å². The second-order valence-corrected chi connectivity index (χ2v) is 5.10. The molecule has 1 amide bonds. The normalized spacial score (nSPS) is 10.5. The summed E-state index contributed by atoms with van der Waals surface area (Å²) in [7, 11) is 4.60. The van der Waals surface area contributed by atoms with E-state index in [0.29, 0.717) is 33.4 Å². The van der Waals surface area contributed by atoms with Gasteiger partial charge < -0.3 is 14.2 Å². The fraction of sp³-hybridized carbons (Fsp3) is 0.176. The molecule has 0 radical (unpaired) electrons. The summed E-state index contributed by atoms with van der Waals surface area (Å²) in [5, 5.41) is 4.42. The molecule has 7 heteroatoms. The first-order valence-electron chi connectivity index (χ1n) is 6.98. The van der Waals surface area contributed by atoms with Gasteiger partial charge in [0.15, 0.2) is 11.5 Å². The van der Waals surface area contributed by atoms with Crippen molar-refractivity contribution < 1.29 is 19.0 Å². The monoisotopic (exact) mass is 348 g/mol. The van der Waals surface area contributed by atoms with Crippen LogP contribution >= 0.6 is 11.6 Å². The summed E-state index contributed by atoms with van der Waals surface area (Å²) in [4.78, 5) is 12.0. The number of nitrogens with zero attached hydrogens (tertiary/aromatic N) is 1. The Kier molecular flexibility index (Phi) is 6.03. The van der Waals surface area contributed by atoms with Gasteiger partial charge in [0.25, 0.3) is 5.91 Å². The first-order chi connectivity index (χ1) is 11.6. The number of halogens is 1. The van der Waals surface area contributed by atoms with Crippen LogP contribution in [0.1, 0.15) is 15.9 Å². The van der Waals surface area contributed by atoms with E-state index in [9.17, 15) is 4.79 Å². The number of nitrogens with one attached hydrogen (secondary N) is 1. The lowest BCUT2D eigenvalue weighted by Crippen LogP contribution is -2.17. The van der Waals surface area contributed by atoms with Crippen LogP contribution in [0.25, 0.3) is 0 Å². The number of rotatable bonds is 6. The summed E-state index contributed by atoms with van der Waals surface area (Å²) in [6.45, 7) is 0. The van der Waals surface area contributed by atoms with E-state index in [2.05, 4.69) is 10.5 Å². The van der Waals surface area contributed by atoms with Crippen LogP contribution in [0.5, 0.6) is 17.2 Å². The summed E-state index contributed by atoms with van der Waals surface area (Å²) >= 11 is 5.86. The second kappa shape index (κ2) is 8.21. The molecular weight excluding hydrogens is 332 g/mol. The Morgan fingerprint density at radius 2 is 1.71 bits per heavy atom. The zero-order valence-electron chi connectivity index (χ0n) is 13.5. The standard InChI is InChI=1S/C17H17ClN2O4/c1-22-14-9-16(24-3)15(23-2)8-12(14)10-19-20-17(21)11-5-4-6-13(18)7-11/h4-10H,1-3H3,(H,20,21). The average Bonchev–Trinajstić information content (AvgIpc) is 2.61. The number of hydrazone groups is 1. The van der Waals surface area contributed by atoms with Crippen LogP contribution in [0.2, 0.25) is 5.02 Å². The van der Waals surface area contributed by atoms with Crippen molar-refractivity contribution in [1.82, 2.24) is 5.43 Å². The van der Waals surface area contributed by atoms with Gasteiger partial charge in [-0.05, 0) is 24.3 Å². The molecule has 24 heavy (non-hydrogen) atoms. The Labute approximate surface area is 145 Å². The Hall–Kier alpha value is -2.73. The molecule has 0 saturated heterocycles. The summed E-state index contributed by atoms with van der Waals surface area (Å²) in [5.41, 5.74) is 3.48. The number of hydrogen-bond donors (Lipinski definition) is 1. The molecule has 0 aliphatic carbocycles. The number of amides is 1. The van der Waals surface area contributed by atoms with Gasteiger partial charge >= 0.3 is 0 Å². The Bertz CT molecular complexity index is 762. The summed E-state index contributed by atoms with van der Waals surface area (Å²) in [5.74, 6) is 1.23. The van der Waals surface area contributed by atoms with Crippen molar-refractivity contribution in [2.45, 2.75) is 0 Å². The molecule has 0 bridgehead atoms. The number of carbonyl (C=O) groups excluding carboxylic acids is 1. The molecule has 0 unspecified atom stereocenters. The van der Waals surface area contributed by atoms with Gasteiger partial charge in [-0.25, -0.2) is 5.43 Å². The van der Waals surface area contributed by atoms with E-state index in [1.807, 2.05) is 0 Å². The third kappa shape index (κ3) is 4.17. The minimum atomic E-state index is -0.367. The molecular formula is C17H17ClN2O4. The van der Waals surface area contributed by atoms with Crippen LogP contribution < -0.4 is 19.6 Å². The van der Waals surface area contributed by atoms with Crippen LogP contribution in [0.4, 0.5) is 0 Å². The molecule has 0 heterocycles. The van der Waals surface area contributed by atoms with E-state index in [1.165, 1.54) is 27.5 Å². The van der Waals surface area contributed by atoms with Crippen molar-refractivity contribution in [2.24, 2.45) is 5.10 Å². The van der Waals surface area contributed by atoms with Crippen LogP contribution in [-0.2, 0) is 0 Å². The van der Waals surface area contributed by atoms with E-state index < -0.39 is 0 Å². The Morgan fingerprint density at radius 1 is 1.04 bits per heavy atom. The SMILES string of the molecule is COc1cc(OC)c(OC)cc1C=NNC(=O)c1cccc(Cl)c1. The molecule has 0 aromatic heterocycles. The molecule has 2 rings (SSSR count). The van der Waals surface area contributed by atoms with E-state index in [1.54, 1.807) is 36.4 Å². The van der Waals surface area contributed by atoms with Gasteiger partial charge in [-0.1, -0.05) is 17.7 Å². The van der Waals surface area contributed by atoms with E-state index in [-0.39, 0.29) is 5.91 Å². The third-order valence-corrected chi connectivity index (χ3v) is 3.43. The molecule has 0 aliphatic rings. The maximum atomic E-state index is 12.0. The predicted molar refractivity (Wildman–Crippen MR) is 92.6 cm³/mol. The van der Waals surface area contributed by atoms with Crippen molar-refractivity contribution >= 4 is 23.7 Å². The van der Waals surface area contributed by atoms with E-state index in [0.717, 1.165) is 0 Å². The largest absolute Gasteiger partial charge is 0.496 e. The Balaban J connectivity index is 2.17. The maximum absolute atomic E-state index is 12.0. The van der Waals surface area contributed by atoms with Crippen molar-refractivity contribution in [1.29, 1.82) is 0 Å². The molecule has 126 valence electrons. The van der Waals surface area contributed by atoms with Crippen molar-refractivity contribution in [2.75, 3.05) is 21.3 Å². The first-order valence-corrected chi connectivity index (χ1v) is 7.35. The lowest BCUT2D eigenvalue weighted by Gasteiger charge is -2.11. The number of hydrogen-bond acceptors (Lipinski definition) is 5. The minimum absolute atomic E-state index is 0.367. The molecule has 0 aliphatic heterocycles. The van der Waals surface area contributed by atoms with Gasteiger partial charge in [0.2, 0.25) is 0 Å². The average molecular weight is 349 g/mol. The van der Waals surface area contributed by atoms with Gasteiger partial charge in [-0.3, -0.25) is 4.79 Å². The summed E-state index contributed by atoms with van der Waals surface area (Å²) < 4.78 is 15.7. The number of carbonyl (C=O) groups is 1. The van der Waals surface area contributed by atoms with Crippen LogP contribution in [-0.4, -0.2) is 33.5 Å². The van der Waals surface area contributed by atoms with E-state index in [4.69, 9.17) is 25.8 Å². The number of benzene rings is 2. The smallest absolute Gasteiger partial charge is 0.271 e. The third-order valence-electron chi connectivity index (χ3n) is 3.19. The van der Waals surface area contributed by atoms with Gasteiger partial charge in [-0.15, -0.1) is 0 Å². The lowest BCUT2D eigenvalue weighted by molar-refractivity contribution is 0.0955. The molecule has 2 aromatic rings. The van der Waals surface area contributed by atoms with Gasteiger partial charge in [0, 0.05) is 22.2 Å². The quantitative estimate of drug-likeness (QED) is 0.643. The summed E-state index contributed by atoms with van der Waals surface area (Å²) in [6.07, 6.45) is 1.46. The Morgan fingerprint density at radius 3 is 2.33 bits per heavy atom. The zero-order chi connectivity index (χ0) is 17.5. The number of methoxy groups -OCH3 is 3. The van der Waals surface area contributed by atoms with Crippen LogP contribution in [0, 0.1) is 0 Å². The van der Waals surface area contributed by atoms with Gasteiger partial charge in [0.1, 0.15) is 5.75 Å². The van der Waals surface area contributed by atoms with Gasteiger partial charge in [0.05, 0.1) is 27.5 Å². The molecule has 6 nitrogen and oxygen atoms in total. The molecule has 0 spiro atoms. The van der Waals surface area contributed by atoms with Crippen molar-refractivity contribution in [3.05, 3.63) is 52.5 Å². The zero-order valence-corrected chi connectivity index (χ0v) is 14.3. The van der Waals surface area contributed by atoms with Crippen molar-refractivity contribution in [3.63, 3.8) is 0 Å². The highest BCUT2D eigenvalue weighted by Crippen LogP contribution is 2.33.